The summed E-state index contributed by atoms with van der Waals surface area (Å²) in [6.45, 7) is 6.36. The van der Waals surface area contributed by atoms with Gasteiger partial charge in [-0.25, -0.2) is 0 Å². The highest BCUT2D eigenvalue weighted by Crippen LogP contribution is 2.40. The average molecular weight is 264 g/mol. The van der Waals surface area contributed by atoms with Crippen molar-refractivity contribution in [2.75, 3.05) is 6.61 Å². The summed E-state index contributed by atoms with van der Waals surface area (Å²) in [6.07, 6.45) is 2.25. The lowest BCUT2D eigenvalue weighted by Gasteiger charge is -2.31. The lowest BCUT2D eigenvalue weighted by Crippen LogP contribution is -2.35. The molecule has 4 heteroatoms. The third kappa shape index (κ3) is 3.00. The molecule has 1 aromatic carbocycles. The Balaban J connectivity index is 2.28. The second-order valence-corrected chi connectivity index (χ2v) is 5.48. The second kappa shape index (κ2) is 5.11. The zero-order valence-electron chi connectivity index (χ0n) is 11.7. The van der Waals surface area contributed by atoms with Crippen LogP contribution in [0, 0.1) is 0 Å². The minimum absolute atomic E-state index is 0.00786. The molecule has 2 rings (SSSR count). The predicted molar refractivity (Wildman–Crippen MR) is 72.2 cm³/mol. The standard InChI is InChI=1S/C15H20O4/c1-4-5-6-18-14-8-13-10(7-11(14)16)12(17)9-15(2,3)19-13/h7-8,16H,4-6,9H2,1-3H3. The highest BCUT2D eigenvalue weighted by Gasteiger charge is 2.33. The lowest BCUT2D eigenvalue weighted by atomic mass is 9.93. The van der Waals surface area contributed by atoms with Crippen molar-refractivity contribution in [2.45, 2.75) is 45.6 Å². The fraction of sp³-hybridized carbons (Fsp3) is 0.533. The Bertz CT molecular complexity index is 491. The van der Waals surface area contributed by atoms with Crippen LogP contribution in [0.25, 0.3) is 0 Å². The number of carbonyl (C=O) groups is 1. The Morgan fingerprint density at radius 3 is 2.84 bits per heavy atom. The first-order chi connectivity index (χ1) is 8.93. The summed E-state index contributed by atoms with van der Waals surface area (Å²) in [4.78, 5) is 12.0. The van der Waals surface area contributed by atoms with E-state index in [-0.39, 0.29) is 11.5 Å². The number of phenols is 1. The van der Waals surface area contributed by atoms with E-state index in [2.05, 4.69) is 6.92 Å². The summed E-state index contributed by atoms with van der Waals surface area (Å²) in [7, 11) is 0. The molecule has 0 saturated carbocycles. The molecule has 0 saturated heterocycles. The zero-order valence-corrected chi connectivity index (χ0v) is 11.7. The Labute approximate surface area is 113 Å². The van der Waals surface area contributed by atoms with Crippen LogP contribution >= 0.6 is 0 Å². The largest absolute Gasteiger partial charge is 0.504 e. The van der Waals surface area contributed by atoms with Crippen LogP contribution in [0.4, 0.5) is 0 Å². The van der Waals surface area contributed by atoms with Crippen molar-refractivity contribution in [3.05, 3.63) is 17.7 Å². The van der Waals surface area contributed by atoms with Gasteiger partial charge in [-0.2, -0.15) is 0 Å². The van der Waals surface area contributed by atoms with Gasteiger partial charge in [-0.05, 0) is 26.3 Å². The van der Waals surface area contributed by atoms with E-state index in [1.54, 1.807) is 6.07 Å². The third-order valence-corrected chi connectivity index (χ3v) is 3.09. The fourth-order valence-electron chi connectivity index (χ4n) is 2.11. The van der Waals surface area contributed by atoms with E-state index in [1.165, 1.54) is 6.07 Å². The normalized spacial score (nSPS) is 16.7. The molecule has 1 aromatic rings. The van der Waals surface area contributed by atoms with E-state index in [1.807, 2.05) is 13.8 Å². The van der Waals surface area contributed by atoms with Gasteiger partial charge in [-0.15, -0.1) is 0 Å². The fourth-order valence-corrected chi connectivity index (χ4v) is 2.11. The van der Waals surface area contributed by atoms with E-state index < -0.39 is 5.60 Å². The molecule has 1 aliphatic heterocycles. The Hall–Kier alpha value is -1.71. The van der Waals surface area contributed by atoms with Gasteiger partial charge in [0.1, 0.15) is 11.4 Å². The topological polar surface area (TPSA) is 55.8 Å². The summed E-state index contributed by atoms with van der Waals surface area (Å²) in [5, 5.41) is 9.88. The highest BCUT2D eigenvalue weighted by atomic mass is 16.5. The van der Waals surface area contributed by atoms with Crippen LogP contribution in [-0.2, 0) is 0 Å². The number of ether oxygens (including phenoxy) is 2. The van der Waals surface area contributed by atoms with Crippen molar-refractivity contribution >= 4 is 5.78 Å². The summed E-state index contributed by atoms with van der Waals surface area (Å²) in [5.41, 5.74) is -0.0819. The van der Waals surface area contributed by atoms with E-state index >= 15 is 0 Å². The number of fused-ring (bicyclic) bond motifs is 1. The van der Waals surface area contributed by atoms with Gasteiger partial charge in [0.25, 0.3) is 0 Å². The molecule has 1 heterocycles. The molecule has 19 heavy (non-hydrogen) atoms. The first-order valence-corrected chi connectivity index (χ1v) is 6.65. The lowest BCUT2D eigenvalue weighted by molar-refractivity contribution is 0.0616. The van der Waals surface area contributed by atoms with Crippen LogP contribution < -0.4 is 9.47 Å². The number of carbonyl (C=O) groups excluding carboxylic acids is 1. The number of ketones is 1. The molecule has 0 spiro atoms. The van der Waals surface area contributed by atoms with Crippen molar-refractivity contribution in [3.8, 4) is 17.2 Å². The van der Waals surface area contributed by atoms with Gasteiger partial charge in [-0.1, -0.05) is 13.3 Å². The van der Waals surface area contributed by atoms with E-state index in [9.17, 15) is 9.90 Å². The van der Waals surface area contributed by atoms with Crippen LogP contribution in [0.3, 0.4) is 0 Å². The van der Waals surface area contributed by atoms with E-state index in [0.717, 1.165) is 12.8 Å². The Morgan fingerprint density at radius 2 is 2.16 bits per heavy atom. The van der Waals surface area contributed by atoms with Crippen molar-refractivity contribution in [2.24, 2.45) is 0 Å². The second-order valence-electron chi connectivity index (χ2n) is 5.48. The monoisotopic (exact) mass is 264 g/mol. The number of unbranched alkanes of at least 4 members (excludes halogenated alkanes) is 1. The molecule has 1 aliphatic rings. The molecule has 0 amide bonds. The number of hydrogen-bond acceptors (Lipinski definition) is 4. The van der Waals surface area contributed by atoms with Crippen molar-refractivity contribution in [1.29, 1.82) is 0 Å². The SMILES string of the molecule is CCCCOc1cc2c(cc1O)C(=O)CC(C)(C)O2. The molecule has 0 atom stereocenters. The summed E-state index contributed by atoms with van der Waals surface area (Å²) in [6, 6.07) is 3.05. The van der Waals surface area contributed by atoms with E-state index in [0.29, 0.717) is 30.1 Å². The summed E-state index contributed by atoms with van der Waals surface area (Å²) < 4.78 is 11.3. The zero-order chi connectivity index (χ0) is 14.0. The Kier molecular flexibility index (Phi) is 3.69. The minimum atomic E-state index is -0.512. The smallest absolute Gasteiger partial charge is 0.170 e. The van der Waals surface area contributed by atoms with Crippen LogP contribution in [0.15, 0.2) is 12.1 Å². The van der Waals surface area contributed by atoms with Gasteiger partial charge in [-0.3, -0.25) is 4.79 Å². The number of rotatable bonds is 4. The highest BCUT2D eigenvalue weighted by molar-refractivity contribution is 6.01. The molecular formula is C15H20O4. The maximum atomic E-state index is 12.0. The molecule has 0 fully saturated rings. The molecule has 1 N–H and O–H groups in total. The van der Waals surface area contributed by atoms with E-state index in [4.69, 9.17) is 9.47 Å². The predicted octanol–water partition coefficient (Wildman–Crippen LogP) is 3.31. The molecule has 0 unspecified atom stereocenters. The van der Waals surface area contributed by atoms with Gasteiger partial charge >= 0.3 is 0 Å². The van der Waals surface area contributed by atoms with Gasteiger partial charge in [0.15, 0.2) is 17.3 Å². The van der Waals surface area contributed by atoms with Gasteiger partial charge in [0.05, 0.1) is 18.6 Å². The third-order valence-electron chi connectivity index (χ3n) is 3.09. The Morgan fingerprint density at radius 1 is 1.42 bits per heavy atom. The molecule has 0 bridgehead atoms. The van der Waals surface area contributed by atoms with Gasteiger partial charge in [0.2, 0.25) is 0 Å². The minimum Gasteiger partial charge on any atom is -0.504 e. The van der Waals surface area contributed by atoms with Gasteiger partial charge in [0, 0.05) is 6.07 Å². The van der Waals surface area contributed by atoms with Crippen molar-refractivity contribution in [3.63, 3.8) is 0 Å². The number of hydrogen-bond donors (Lipinski definition) is 1. The first kappa shape index (κ1) is 13.7. The molecule has 4 nitrogen and oxygen atoms in total. The maximum absolute atomic E-state index is 12.0. The summed E-state index contributed by atoms with van der Waals surface area (Å²) >= 11 is 0. The van der Waals surface area contributed by atoms with Crippen molar-refractivity contribution in [1.82, 2.24) is 0 Å². The number of phenolic OH excluding ortho intramolecular Hbond substituents is 1. The number of benzene rings is 1. The van der Waals surface area contributed by atoms with Gasteiger partial charge < -0.3 is 14.6 Å². The maximum Gasteiger partial charge on any atom is 0.170 e. The van der Waals surface area contributed by atoms with Crippen LogP contribution in [0.5, 0.6) is 17.2 Å². The molecule has 104 valence electrons. The molecule has 0 aromatic heterocycles. The van der Waals surface area contributed by atoms with Crippen LogP contribution in [0.1, 0.15) is 50.4 Å². The van der Waals surface area contributed by atoms with Crippen LogP contribution in [0.2, 0.25) is 0 Å². The number of Topliss-reactive ketones (excluding diaryl/α,β-unsaturated/α-hetero) is 1. The van der Waals surface area contributed by atoms with Crippen molar-refractivity contribution < 1.29 is 19.4 Å². The van der Waals surface area contributed by atoms with Crippen LogP contribution in [-0.4, -0.2) is 23.1 Å². The average Bonchev–Trinajstić information content (AvgIpc) is 2.30. The first-order valence-electron chi connectivity index (χ1n) is 6.65. The molecule has 0 aliphatic carbocycles. The number of aromatic hydroxyl groups is 1. The molecule has 0 radical (unpaired) electrons. The summed E-state index contributed by atoms with van der Waals surface area (Å²) in [5.74, 6) is 0.844. The molecular weight excluding hydrogens is 244 g/mol. The quantitative estimate of drug-likeness (QED) is 0.848.